The molecule has 0 spiro atoms. The van der Waals surface area contributed by atoms with Crippen LogP contribution in [0, 0.1) is 12.8 Å². The van der Waals surface area contributed by atoms with E-state index in [1.54, 1.807) is 11.0 Å². The summed E-state index contributed by atoms with van der Waals surface area (Å²) in [6.07, 6.45) is 4.36. The summed E-state index contributed by atoms with van der Waals surface area (Å²) in [5.74, 6) is 0.0265. The molecule has 1 fully saturated rings. The van der Waals surface area contributed by atoms with Crippen LogP contribution in [0.2, 0.25) is 0 Å². The molecule has 2 heterocycles. The van der Waals surface area contributed by atoms with E-state index in [0.29, 0.717) is 38.0 Å². The Hall–Kier alpha value is -2.56. The maximum absolute atomic E-state index is 12.4. The fourth-order valence-corrected chi connectivity index (χ4v) is 3.05. The van der Waals surface area contributed by atoms with Crippen LogP contribution < -0.4 is 5.32 Å². The molecule has 1 aromatic carbocycles. The van der Waals surface area contributed by atoms with Gasteiger partial charge in [-0.25, -0.2) is 0 Å². The summed E-state index contributed by atoms with van der Waals surface area (Å²) < 4.78 is 4.96. The third-order valence-corrected chi connectivity index (χ3v) is 4.64. The van der Waals surface area contributed by atoms with Crippen LogP contribution in [-0.4, -0.2) is 29.8 Å². The molecule has 1 aliphatic rings. The second kappa shape index (κ2) is 7.34. The number of likely N-dealkylation sites (tertiary alicyclic amines) is 1. The molecule has 0 radical (unpaired) electrons. The highest BCUT2D eigenvalue weighted by Crippen LogP contribution is 2.20. The Balaban J connectivity index is 1.48. The van der Waals surface area contributed by atoms with Crippen LogP contribution in [0.25, 0.3) is 0 Å². The minimum absolute atomic E-state index is 0.0254. The SMILES string of the molecule is Cc1ccccc1CNC(=O)C1CCN(C(=O)c2ccoc2)CC1. The summed E-state index contributed by atoms with van der Waals surface area (Å²) in [5, 5.41) is 3.02. The topological polar surface area (TPSA) is 62.6 Å². The number of benzene rings is 1. The Bertz CT molecular complexity index is 701. The minimum atomic E-state index is -0.0255. The molecule has 5 heteroatoms. The average molecular weight is 326 g/mol. The molecule has 0 bridgehead atoms. The Kier molecular flexibility index (Phi) is 4.99. The molecule has 1 aliphatic heterocycles. The number of nitrogens with one attached hydrogen (secondary N) is 1. The molecule has 2 aromatic rings. The third-order valence-electron chi connectivity index (χ3n) is 4.64. The fourth-order valence-electron chi connectivity index (χ4n) is 3.05. The van der Waals surface area contributed by atoms with Crippen molar-refractivity contribution < 1.29 is 14.0 Å². The van der Waals surface area contributed by atoms with E-state index in [2.05, 4.69) is 5.32 Å². The van der Waals surface area contributed by atoms with Gasteiger partial charge in [-0.3, -0.25) is 9.59 Å². The molecule has 0 saturated carbocycles. The molecule has 1 N–H and O–H groups in total. The zero-order valence-electron chi connectivity index (χ0n) is 13.8. The van der Waals surface area contributed by atoms with Gasteiger partial charge < -0.3 is 14.6 Å². The Morgan fingerprint density at radius 1 is 1.21 bits per heavy atom. The summed E-state index contributed by atoms with van der Waals surface area (Å²) in [5.41, 5.74) is 2.88. The van der Waals surface area contributed by atoms with E-state index < -0.39 is 0 Å². The Morgan fingerprint density at radius 2 is 1.96 bits per heavy atom. The number of amides is 2. The van der Waals surface area contributed by atoms with E-state index in [1.807, 2.05) is 31.2 Å². The first-order valence-electron chi connectivity index (χ1n) is 8.29. The van der Waals surface area contributed by atoms with Crippen molar-refractivity contribution in [1.82, 2.24) is 10.2 Å². The van der Waals surface area contributed by atoms with E-state index in [-0.39, 0.29) is 17.7 Å². The monoisotopic (exact) mass is 326 g/mol. The zero-order chi connectivity index (χ0) is 16.9. The van der Waals surface area contributed by atoms with Gasteiger partial charge in [0.2, 0.25) is 5.91 Å². The third kappa shape index (κ3) is 3.67. The first-order valence-corrected chi connectivity index (χ1v) is 8.29. The second-order valence-corrected chi connectivity index (χ2v) is 6.22. The lowest BCUT2D eigenvalue weighted by atomic mass is 9.95. The van der Waals surface area contributed by atoms with Crippen LogP contribution in [0.1, 0.15) is 34.3 Å². The van der Waals surface area contributed by atoms with Crippen molar-refractivity contribution >= 4 is 11.8 Å². The first-order chi connectivity index (χ1) is 11.6. The predicted molar refractivity (Wildman–Crippen MR) is 90.4 cm³/mol. The number of rotatable bonds is 4. The number of furan rings is 1. The summed E-state index contributed by atoms with van der Waals surface area (Å²) in [6.45, 7) is 3.81. The first kappa shape index (κ1) is 16.3. The highest BCUT2D eigenvalue weighted by molar-refractivity contribution is 5.94. The highest BCUT2D eigenvalue weighted by atomic mass is 16.3. The maximum atomic E-state index is 12.4. The van der Waals surface area contributed by atoms with Gasteiger partial charge in [0.05, 0.1) is 11.8 Å². The van der Waals surface area contributed by atoms with Gasteiger partial charge in [-0.2, -0.15) is 0 Å². The van der Waals surface area contributed by atoms with Gasteiger partial charge in [0, 0.05) is 25.6 Å². The van der Waals surface area contributed by atoms with Crippen LogP contribution in [0.3, 0.4) is 0 Å². The van der Waals surface area contributed by atoms with Gasteiger partial charge in [-0.15, -0.1) is 0 Å². The Labute approximate surface area is 141 Å². The molecular formula is C19H22N2O3. The molecule has 126 valence electrons. The molecule has 0 unspecified atom stereocenters. The molecule has 2 amide bonds. The second-order valence-electron chi connectivity index (χ2n) is 6.22. The fraction of sp³-hybridized carbons (Fsp3) is 0.368. The number of hydrogen-bond acceptors (Lipinski definition) is 3. The number of carbonyl (C=O) groups excluding carboxylic acids is 2. The van der Waals surface area contributed by atoms with Crippen LogP contribution >= 0.6 is 0 Å². The number of piperidine rings is 1. The van der Waals surface area contributed by atoms with E-state index in [9.17, 15) is 9.59 Å². The quantitative estimate of drug-likeness (QED) is 0.940. The van der Waals surface area contributed by atoms with E-state index in [4.69, 9.17) is 4.42 Å². The molecule has 0 aliphatic carbocycles. The van der Waals surface area contributed by atoms with Crippen molar-refractivity contribution in [1.29, 1.82) is 0 Å². The highest BCUT2D eigenvalue weighted by Gasteiger charge is 2.28. The number of aryl methyl sites for hydroxylation is 1. The van der Waals surface area contributed by atoms with Gasteiger partial charge in [-0.1, -0.05) is 24.3 Å². The van der Waals surface area contributed by atoms with Crippen LogP contribution in [0.15, 0.2) is 47.3 Å². The number of carbonyl (C=O) groups is 2. The number of hydrogen-bond donors (Lipinski definition) is 1. The van der Waals surface area contributed by atoms with Gasteiger partial charge >= 0.3 is 0 Å². The Morgan fingerprint density at radius 3 is 2.62 bits per heavy atom. The number of nitrogens with zero attached hydrogens (tertiary/aromatic N) is 1. The van der Waals surface area contributed by atoms with Crippen molar-refractivity contribution in [2.75, 3.05) is 13.1 Å². The summed E-state index contributed by atoms with van der Waals surface area (Å²) >= 11 is 0. The van der Waals surface area contributed by atoms with Gasteiger partial charge in [-0.05, 0) is 37.0 Å². The smallest absolute Gasteiger partial charge is 0.257 e. The maximum Gasteiger partial charge on any atom is 0.257 e. The minimum Gasteiger partial charge on any atom is -0.472 e. The van der Waals surface area contributed by atoms with E-state index in [0.717, 1.165) is 5.56 Å². The van der Waals surface area contributed by atoms with Crippen molar-refractivity contribution in [3.8, 4) is 0 Å². The summed E-state index contributed by atoms with van der Waals surface area (Å²) in [4.78, 5) is 26.4. The molecule has 0 atom stereocenters. The summed E-state index contributed by atoms with van der Waals surface area (Å²) in [7, 11) is 0. The molecule has 1 aromatic heterocycles. The van der Waals surface area contributed by atoms with Gasteiger partial charge in [0.1, 0.15) is 6.26 Å². The van der Waals surface area contributed by atoms with Crippen molar-refractivity contribution in [2.45, 2.75) is 26.3 Å². The van der Waals surface area contributed by atoms with Gasteiger partial charge in [0.25, 0.3) is 5.91 Å². The van der Waals surface area contributed by atoms with Crippen LogP contribution in [0.5, 0.6) is 0 Å². The molecule has 3 rings (SSSR count). The van der Waals surface area contributed by atoms with Crippen molar-refractivity contribution in [3.63, 3.8) is 0 Å². The standard InChI is InChI=1S/C19H22N2O3/c1-14-4-2-3-5-16(14)12-20-18(22)15-6-9-21(10-7-15)19(23)17-8-11-24-13-17/h2-5,8,11,13,15H,6-7,9-10,12H2,1H3,(H,20,22). The molecule has 5 nitrogen and oxygen atoms in total. The molecule has 24 heavy (non-hydrogen) atoms. The normalized spacial score (nSPS) is 15.3. The summed E-state index contributed by atoms with van der Waals surface area (Å²) in [6, 6.07) is 9.72. The van der Waals surface area contributed by atoms with Crippen LogP contribution in [-0.2, 0) is 11.3 Å². The lowest BCUT2D eigenvalue weighted by molar-refractivity contribution is -0.126. The van der Waals surface area contributed by atoms with Crippen LogP contribution in [0.4, 0.5) is 0 Å². The van der Waals surface area contributed by atoms with Crippen molar-refractivity contribution in [3.05, 3.63) is 59.5 Å². The largest absolute Gasteiger partial charge is 0.472 e. The lowest BCUT2D eigenvalue weighted by Crippen LogP contribution is -2.42. The van der Waals surface area contributed by atoms with Gasteiger partial charge in [0.15, 0.2) is 0 Å². The van der Waals surface area contributed by atoms with E-state index in [1.165, 1.54) is 18.1 Å². The lowest BCUT2D eigenvalue weighted by Gasteiger charge is -2.31. The molecular weight excluding hydrogens is 304 g/mol. The van der Waals surface area contributed by atoms with Crippen molar-refractivity contribution in [2.24, 2.45) is 5.92 Å². The zero-order valence-corrected chi connectivity index (χ0v) is 13.8. The molecule has 1 saturated heterocycles. The predicted octanol–water partition coefficient (Wildman–Crippen LogP) is 2.76. The average Bonchev–Trinajstić information content (AvgIpc) is 3.15. The van der Waals surface area contributed by atoms with E-state index >= 15 is 0 Å².